The van der Waals surface area contributed by atoms with Crippen molar-refractivity contribution in [2.45, 2.75) is 6.92 Å². The van der Waals surface area contributed by atoms with E-state index < -0.39 is 16.2 Å². The monoisotopic (exact) mass is 322 g/mol. The van der Waals surface area contributed by atoms with Crippen molar-refractivity contribution >= 4 is 37.8 Å². The first kappa shape index (κ1) is 13.9. The Hall–Kier alpha value is -1.12. The van der Waals surface area contributed by atoms with Gasteiger partial charge in [0.1, 0.15) is 0 Å². The number of aromatic carboxylic acids is 1. The molecule has 0 unspecified atom stereocenters. The summed E-state index contributed by atoms with van der Waals surface area (Å²) in [6.07, 6.45) is 0. The minimum atomic E-state index is -3.65. The number of anilines is 1. The van der Waals surface area contributed by atoms with Crippen LogP contribution >= 0.6 is 15.9 Å². The van der Waals surface area contributed by atoms with Crippen LogP contribution in [0.25, 0.3) is 0 Å². The molecule has 3 N–H and O–H groups in total. The average Bonchev–Trinajstić information content (AvgIpc) is 2.20. The molecule has 94 valence electrons. The molecule has 0 aliphatic carbocycles. The lowest BCUT2D eigenvalue weighted by Gasteiger charge is -2.09. The predicted octanol–water partition coefficient (Wildman–Crippen LogP) is 1.41. The Morgan fingerprint density at radius 2 is 2.12 bits per heavy atom. The molecule has 8 heteroatoms. The number of benzene rings is 1. The van der Waals surface area contributed by atoms with Crippen LogP contribution in [0.5, 0.6) is 0 Å². The Bertz CT molecular complexity index is 530. The molecular formula is C9H11BrN2O4S. The van der Waals surface area contributed by atoms with E-state index >= 15 is 0 Å². The maximum Gasteiger partial charge on any atom is 0.336 e. The summed E-state index contributed by atoms with van der Waals surface area (Å²) in [6.45, 7) is 1.89. The molecule has 17 heavy (non-hydrogen) atoms. The normalized spacial score (nSPS) is 11.2. The fourth-order valence-electron chi connectivity index (χ4n) is 1.13. The number of carboxylic acid groups (broad SMARTS) is 1. The van der Waals surface area contributed by atoms with Crippen molar-refractivity contribution < 1.29 is 18.3 Å². The van der Waals surface area contributed by atoms with Gasteiger partial charge in [0.05, 0.1) is 11.3 Å². The van der Waals surface area contributed by atoms with Gasteiger partial charge in [0, 0.05) is 11.0 Å². The molecule has 1 aromatic rings. The Kier molecular flexibility index (Phi) is 4.49. The van der Waals surface area contributed by atoms with E-state index in [-0.39, 0.29) is 17.8 Å². The molecule has 0 saturated heterocycles. The summed E-state index contributed by atoms with van der Waals surface area (Å²) in [7, 11) is -3.65. The molecule has 0 aliphatic heterocycles. The van der Waals surface area contributed by atoms with E-state index in [1.54, 1.807) is 6.92 Å². The Labute approximate surface area is 107 Å². The predicted molar refractivity (Wildman–Crippen MR) is 67.3 cm³/mol. The van der Waals surface area contributed by atoms with Crippen molar-refractivity contribution in [1.29, 1.82) is 0 Å². The molecule has 0 bridgehead atoms. The van der Waals surface area contributed by atoms with Crippen molar-refractivity contribution in [2.24, 2.45) is 0 Å². The summed E-state index contributed by atoms with van der Waals surface area (Å²) in [4.78, 5) is 10.8. The molecular weight excluding hydrogens is 312 g/mol. The second-order valence-corrected chi connectivity index (χ2v) is 5.46. The number of nitrogens with one attached hydrogen (secondary N) is 2. The highest BCUT2D eigenvalue weighted by atomic mass is 79.9. The lowest BCUT2D eigenvalue weighted by Crippen LogP contribution is -2.29. The topological polar surface area (TPSA) is 95.5 Å². The first-order valence-electron chi connectivity index (χ1n) is 4.66. The molecule has 0 spiro atoms. The molecule has 0 fully saturated rings. The van der Waals surface area contributed by atoms with Gasteiger partial charge in [-0.05, 0) is 34.1 Å². The van der Waals surface area contributed by atoms with Gasteiger partial charge in [-0.3, -0.25) is 4.72 Å². The molecule has 0 saturated carbocycles. The fraction of sp³-hybridized carbons (Fsp3) is 0.222. The SMILES string of the molecule is CCNS(=O)(=O)Nc1ccc(Br)c(C(=O)O)c1. The van der Waals surface area contributed by atoms with E-state index in [1.807, 2.05) is 0 Å². The molecule has 0 amide bonds. The lowest BCUT2D eigenvalue weighted by atomic mass is 10.2. The van der Waals surface area contributed by atoms with E-state index in [4.69, 9.17) is 5.11 Å². The van der Waals surface area contributed by atoms with Gasteiger partial charge in [-0.1, -0.05) is 6.92 Å². The highest BCUT2D eigenvalue weighted by molar-refractivity contribution is 9.10. The average molecular weight is 323 g/mol. The highest BCUT2D eigenvalue weighted by Gasteiger charge is 2.12. The van der Waals surface area contributed by atoms with E-state index in [1.165, 1.54) is 18.2 Å². The van der Waals surface area contributed by atoms with Gasteiger partial charge < -0.3 is 5.11 Å². The zero-order valence-electron chi connectivity index (χ0n) is 8.90. The van der Waals surface area contributed by atoms with Crippen LogP contribution in [-0.2, 0) is 10.2 Å². The summed E-state index contributed by atoms with van der Waals surface area (Å²) in [6, 6.07) is 4.17. The first-order valence-corrected chi connectivity index (χ1v) is 6.93. The number of hydrogen-bond acceptors (Lipinski definition) is 3. The summed E-state index contributed by atoms with van der Waals surface area (Å²) in [5.41, 5.74) is 0.174. The summed E-state index contributed by atoms with van der Waals surface area (Å²) in [5.74, 6) is -1.14. The van der Waals surface area contributed by atoms with Crippen LogP contribution in [0, 0.1) is 0 Å². The molecule has 1 aromatic carbocycles. The molecule has 0 radical (unpaired) electrons. The van der Waals surface area contributed by atoms with Crippen molar-refractivity contribution in [3.05, 3.63) is 28.2 Å². The van der Waals surface area contributed by atoms with Crippen LogP contribution in [0.15, 0.2) is 22.7 Å². The van der Waals surface area contributed by atoms with Crippen LogP contribution in [0.4, 0.5) is 5.69 Å². The quantitative estimate of drug-likeness (QED) is 0.763. The van der Waals surface area contributed by atoms with Crippen LogP contribution in [0.3, 0.4) is 0 Å². The number of carboxylic acids is 1. The largest absolute Gasteiger partial charge is 0.478 e. The summed E-state index contributed by atoms with van der Waals surface area (Å²) < 4.78 is 27.6. The van der Waals surface area contributed by atoms with Crippen LogP contribution in [0.2, 0.25) is 0 Å². The van der Waals surface area contributed by atoms with Crippen molar-refractivity contribution in [3.63, 3.8) is 0 Å². The van der Waals surface area contributed by atoms with Gasteiger partial charge in [0.15, 0.2) is 0 Å². The second kappa shape index (κ2) is 5.48. The zero-order chi connectivity index (χ0) is 13.1. The van der Waals surface area contributed by atoms with E-state index in [2.05, 4.69) is 25.4 Å². The lowest BCUT2D eigenvalue weighted by molar-refractivity contribution is 0.0696. The van der Waals surface area contributed by atoms with Gasteiger partial charge in [-0.15, -0.1) is 0 Å². The van der Waals surface area contributed by atoms with E-state index in [9.17, 15) is 13.2 Å². The molecule has 1 rings (SSSR count). The van der Waals surface area contributed by atoms with Crippen LogP contribution < -0.4 is 9.44 Å². The Morgan fingerprint density at radius 3 is 2.65 bits per heavy atom. The Balaban J connectivity index is 3.02. The summed E-state index contributed by atoms with van der Waals surface area (Å²) in [5, 5.41) is 8.87. The van der Waals surface area contributed by atoms with Gasteiger partial charge in [-0.2, -0.15) is 13.1 Å². The first-order chi connectivity index (χ1) is 7.85. The van der Waals surface area contributed by atoms with E-state index in [0.29, 0.717) is 4.47 Å². The van der Waals surface area contributed by atoms with Gasteiger partial charge >= 0.3 is 5.97 Å². The van der Waals surface area contributed by atoms with Crippen molar-refractivity contribution in [1.82, 2.24) is 4.72 Å². The minimum absolute atomic E-state index is 0.0123. The number of rotatable bonds is 5. The smallest absolute Gasteiger partial charge is 0.336 e. The molecule has 0 heterocycles. The zero-order valence-corrected chi connectivity index (χ0v) is 11.3. The minimum Gasteiger partial charge on any atom is -0.478 e. The third kappa shape index (κ3) is 3.99. The van der Waals surface area contributed by atoms with Crippen LogP contribution in [0.1, 0.15) is 17.3 Å². The fourth-order valence-corrected chi connectivity index (χ4v) is 2.44. The second-order valence-electron chi connectivity index (χ2n) is 3.10. The van der Waals surface area contributed by atoms with Gasteiger partial charge in [-0.25, -0.2) is 4.79 Å². The van der Waals surface area contributed by atoms with Gasteiger partial charge in [0.25, 0.3) is 10.2 Å². The third-order valence-electron chi connectivity index (χ3n) is 1.78. The molecule has 0 aromatic heterocycles. The van der Waals surface area contributed by atoms with Crippen molar-refractivity contribution in [2.75, 3.05) is 11.3 Å². The number of carbonyl (C=O) groups is 1. The van der Waals surface area contributed by atoms with E-state index in [0.717, 1.165) is 0 Å². The third-order valence-corrected chi connectivity index (χ3v) is 3.65. The highest BCUT2D eigenvalue weighted by Crippen LogP contribution is 2.21. The Morgan fingerprint density at radius 1 is 1.47 bits per heavy atom. The standard InChI is InChI=1S/C9H11BrN2O4S/c1-2-11-17(15,16)12-6-3-4-8(10)7(5-6)9(13)14/h3-5,11-12H,2H2,1H3,(H,13,14). The number of halogens is 1. The maximum absolute atomic E-state index is 11.4. The van der Waals surface area contributed by atoms with Crippen molar-refractivity contribution in [3.8, 4) is 0 Å². The molecule has 6 nitrogen and oxygen atoms in total. The molecule has 0 atom stereocenters. The summed E-state index contributed by atoms with van der Waals surface area (Å²) >= 11 is 3.07. The van der Waals surface area contributed by atoms with Crippen LogP contribution in [-0.4, -0.2) is 26.0 Å². The molecule has 0 aliphatic rings. The number of hydrogen-bond donors (Lipinski definition) is 3. The van der Waals surface area contributed by atoms with Gasteiger partial charge in [0.2, 0.25) is 0 Å². The maximum atomic E-state index is 11.4.